The molecule has 0 spiro atoms. The van der Waals surface area contributed by atoms with Crippen LogP contribution in [0.1, 0.15) is 6.92 Å². The van der Waals surface area contributed by atoms with Crippen LogP contribution in [0.2, 0.25) is 5.02 Å². The van der Waals surface area contributed by atoms with Crippen molar-refractivity contribution in [2.45, 2.75) is 17.9 Å². The minimum atomic E-state index is -4.11. The zero-order chi connectivity index (χ0) is 17.5. The highest BCUT2D eigenvalue weighted by Gasteiger charge is 2.31. The number of carbonyl (C=O) groups excluding carboxylic acids is 1. The summed E-state index contributed by atoms with van der Waals surface area (Å²) in [6, 6.07) is 7.61. The molecule has 0 fully saturated rings. The maximum atomic E-state index is 13.2. The summed E-state index contributed by atoms with van der Waals surface area (Å²) in [7, 11) is -4.11. The summed E-state index contributed by atoms with van der Waals surface area (Å²) >= 11 is 5.94. The standard InChI is InChI=1S/C15H12ClFN2O4S/c1-8-15(20)18-12-5-9(16)6-13(14(12)23-8)24(21,22)19-11-4-2-3-10(17)7-11/h2-8,19H,1H3,(H,18,20). The second-order valence-electron chi connectivity index (χ2n) is 5.15. The van der Waals surface area contributed by atoms with E-state index < -0.39 is 27.9 Å². The molecule has 1 aliphatic rings. The van der Waals surface area contributed by atoms with Gasteiger partial charge in [0.15, 0.2) is 11.9 Å². The van der Waals surface area contributed by atoms with Gasteiger partial charge in [0.05, 0.1) is 11.4 Å². The molecule has 0 bridgehead atoms. The molecule has 126 valence electrons. The number of rotatable bonds is 3. The van der Waals surface area contributed by atoms with Gasteiger partial charge < -0.3 is 10.1 Å². The Morgan fingerprint density at radius 2 is 2.04 bits per heavy atom. The number of halogens is 2. The Hall–Kier alpha value is -2.32. The fraction of sp³-hybridized carbons (Fsp3) is 0.133. The van der Waals surface area contributed by atoms with Crippen LogP contribution in [-0.2, 0) is 14.8 Å². The Balaban J connectivity index is 2.07. The van der Waals surface area contributed by atoms with Gasteiger partial charge in [-0.25, -0.2) is 12.8 Å². The second kappa shape index (κ2) is 5.95. The van der Waals surface area contributed by atoms with Gasteiger partial charge in [-0.1, -0.05) is 17.7 Å². The van der Waals surface area contributed by atoms with Crippen LogP contribution in [0.5, 0.6) is 5.75 Å². The Kier molecular flexibility index (Phi) is 4.10. The van der Waals surface area contributed by atoms with E-state index in [2.05, 4.69) is 10.0 Å². The van der Waals surface area contributed by atoms with Gasteiger partial charge in [-0.15, -0.1) is 0 Å². The predicted octanol–water partition coefficient (Wildman–Crippen LogP) is 3.00. The van der Waals surface area contributed by atoms with E-state index in [1.54, 1.807) is 0 Å². The van der Waals surface area contributed by atoms with Gasteiger partial charge in [0, 0.05) is 5.02 Å². The van der Waals surface area contributed by atoms with Crippen LogP contribution in [-0.4, -0.2) is 20.4 Å². The first-order valence-corrected chi connectivity index (χ1v) is 8.72. The zero-order valence-electron chi connectivity index (χ0n) is 12.3. The van der Waals surface area contributed by atoms with Crippen LogP contribution < -0.4 is 14.8 Å². The van der Waals surface area contributed by atoms with Crippen LogP contribution in [0.15, 0.2) is 41.3 Å². The van der Waals surface area contributed by atoms with Crippen LogP contribution in [0.25, 0.3) is 0 Å². The third-order valence-electron chi connectivity index (χ3n) is 3.31. The van der Waals surface area contributed by atoms with Crippen LogP contribution in [0.4, 0.5) is 15.8 Å². The van der Waals surface area contributed by atoms with E-state index in [9.17, 15) is 17.6 Å². The van der Waals surface area contributed by atoms with Gasteiger partial charge in [0.2, 0.25) is 0 Å². The molecule has 1 heterocycles. The van der Waals surface area contributed by atoms with Crippen LogP contribution >= 0.6 is 11.6 Å². The molecule has 9 heteroatoms. The molecule has 1 unspecified atom stereocenters. The number of benzene rings is 2. The van der Waals surface area contributed by atoms with Crippen molar-refractivity contribution in [2.24, 2.45) is 0 Å². The SMILES string of the molecule is CC1Oc2c(cc(Cl)cc2S(=O)(=O)Nc2cccc(F)c2)NC1=O. The fourth-order valence-corrected chi connectivity index (χ4v) is 3.72. The third kappa shape index (κ3) is 3.15. The lowest BCUT2D eigenvalue weighted by atomic mass is 10.2. The predicted molar refractivity (Wildman–Crippen MR) is 87.4 cm³/mol. The largest absolute Gasteiger partial charge is 0.477 e. The number of fused-ring (bicyclic) bond motifs is 1. The number of anilines is 2. The Morgan fingerprint density at radius 1 is 1.29 bits per heavy atom. The average molecular weight is 371 g/mol. The summed E-state index contributed by atoms with van der Waals surface area (Å²) in [5.74, 6) is -1.01. The number of hydrogen-bond acceptors (Lipinski definition) is 4. The summed E-state index contributed by atoms with van der Waals surface area (Å²) in [6.45, 7) is 1.49. The quantitative estimate of drug-likeness (QED) is 0.869. The molecular weight excluding hydrogens is 359 g/mol. The second-order valence-corrected chi connectivity index (χ2v) is 7.23. The molecule has 1 atom stereocenters. The first-order valence-electron chi connectivity index (χ1n) is 6.86. The molecule has 1 aliphatic heterocycles. The van der Waals surface area contributed by atoms with Gasteiger partial charge in [0.1, 0.15) is 10.7 Å². The molecule has 3 rings (SSSR count). The number of nitrogens with one attached hydrogen (secondary N) is 2. The van der Waals surface area contributed by atoms with Crippen molar-refractivity contribution in [2.75, 3.05) is 10.0 Å². The lowest BCUT2D eigenvalue weighted by Crippen LogP contribution is -2.35. The zero-order valence-corrected chi connectivity index (χ0v) is 13.9. The number of sulfonamides is 1. The third-order valence-corrected chi connectivity index (χ3v) is 4.91. The first kappa shape index (κ1) is 16.5. The monoisotopic (exact) mass is 370 g/mol. The van der Waals surface area contributed by atoms with Crippen LogP contribution in [0.3, 0.4) is 0 Å². The van der Waals surface area contributed by atoms with E-state index in [4.69, 9.17) is 16.3 Å². The lowest BCUT2D eigenvalue weighted by Gasteiger charge is -2.25. The molecule has 24 heavy (non-hydrogen) atoms. The van der Waals surface area contributed by atoms with Crippen molar-refractivity contribution in [3.63, 3.8) is 0 Å². The normalized spacial score (nSPS) is 16.8. The van der Waals surface area contributed by atoms with E-state index in [-0.39, 0.29) is 27.0 Å². The Morgan fingerprint density at radius 3 is 2.75 bits per heavy atom. The van der Waals surface area contributed by atoms with Crippen molar-refractivity contribution in [1.29, 1.82) is 0 Å². The van der Waals surface area contributed by atoms with Crippen molar-refractivity contribution in [3.8, 4) is 5.75 Å². The van der Waals surface area contributed by atoms with Crippen LogP contribution in [0, 0.1) is 5.82 Å². The maximum absolute atomic E-state index is 13.2. The molecule has 0 aromatic heterocycles. The average Bonchev–Trinajstić information content (AvgIpc) is 2.47. The summed E-state index contributed by atoms with van der Waals surface area (Å²) in [5, 5.41) is 2.64. The minimum absolute atomic E-state index is 0.0181. The highest BCUT2D eigenvalue weighted by Crippen LogP contribution is 2.39. The van der Waals surface area contributed by atoms with E-state index >= 15 is 0 Å². The molecular formula is C15H12ClFN2O4S. The molecule has 2 N–H and O–H groups in total. The molecule has 2 aromatic carbocycles. The first-order chi connectivity index (χ1) is 11.3. The lowest BCUT2D eigenvalue weighted by molar-refractivity contribution is -0.122. The highest BCUT2D eigenvalue weighted by atomic mass is 35.5. The van der Waals surface area contributed by atoms with Gasteiger partial charge >= 0.3 is 0 Å². The van der Waals surface area contributed by atoms with E-state index in [1.807, 2.05) is 0 Å². The molecule has 1 amide bonds. The van der Waals surface area contributed by atoms with Gasteiger partial charge in [0.25, 0.3) is 15.9 Å². The molecule has 0 radical (unpaired) electrons. The topological polar surface area (TPSA) is 84.5 Å². The number of amides is 1. The molecule has 0 saturated heterocycles. The smallest absolute Gasteiger partial charge is 0.265 e. The number of carbonyl (C=O) groups is 1. The molecule has 2 aromatic rings. The van der Waals surface area contributed by atoms with Gasteiger partial charge in [-0.2, -0.15) is 0 Å². The van der Waals surface area contributed by atoms with Crippen molar-refractivity contribution in [1.82, 2.24) is 0 Å². The fourth-order valence-electron chi connectivity index (χ4n) is 2.21. The van der Waals surface area contributed by atoms with E-state index in [0.717, 1.165) is 6.07 Å². The van der Waals surface area contributed by atoms with Crippen molar-refractivity contribution < 1.29 is 22.3 Å². The Labute approximate surface area is 142 Å². The van der Waals surface area contributed by atoms with Crippen molar-refractivity contribution in [3.05, 3.63) is 47.2 Å². The highest BCUT2D eigenvalue weighted by molar-refractivity contribution is 7.92. The van der Waals surface area contributed by atoms with E-state index in [0.29, 0.717) is 0 Å². The van der Waals surface area contributed by atoms with Gasteiger partial charge in [-0.3, -0.25) is 9.52 Å². The van der Waals surface area contributed by atoms with Crippen molar-refractivity contribution >= 4 is 38.9 Å². The summed E-state index contributed by atoms with van der Waals surface area (Å²) in [6.07, 6.45) is -0.859. The molecule has 0 aliphatic carbocycles. The maximum Gasteiger partial charge on any atom is 0.265 e. The Bertz CT molecular complexity index is 933. The summed E-state index contributed by atoms with van der Waals surface area (Å²) in [5.41, 5.74) is 0.210. The summed E-state index contributed by atoms with van der Waals surface area (Å²) in [4.78, 5) is 11.4. The molecule has 0 saturated carbocycles. The minimum Gasteiger partial charge on any atom is -0.477 e. The summed E-state index contributed by atoms with van der Waals surface area (Å²) < 4.78 is 46.2. The number of ether oxygens (including phenoxy) is 1. The molecule has 6 nitrogen and oxygen atoms in total. The number of hydrogen-bond donors (Lipinski definition) is 2. The van der Waals surface area contributed by atoms with E-state index in [1.165, 1.54) is 37.3 Å². The van der Waals surface area contributed by atoms with Gasteiger partial charge in [-0.05, 0) is 37.3 Å².